The van der Waals surface area contributed by atoms with Crippen LogP contribution in [0.25, 0.3) is 0 Å². The predicted octanol–water partition coefficient (Wildman–Crippen LogP) is 2.85. The Morgan fingerprint density at radius 3 is 2.52 bits per heavy atom. The Labute approximate surface area is 171 Å². The molecule has 0 radical (unpaired) electrons. The van der Waals surface area contributed by atoms with Crippen LogP contribution >= 0.6 is 28.1 Å². The van der Waals surface area contributed by atoms with E-state index in [-0.39, 0.29) is 17.4 Å². The third-order valence-corrected chi connectivity index (χ3v) is 4.75. The quantitative estimate of drug-likeness (QED) is 0.634. The van der Waals surface area contributed by atoms with E-state index in [0.29, 0.717) is 28.9 Å². The van der Waals surface area contributed by atoms with Crippen molar-refractivity contribution in [1.29, 1.82) is 0 Å². The van der Waals surface area contributed by atoms with Crippen molar-refractivity contribution in [2.75, 3.05) is 13.7 Å². The van der Waals surface area contributed by atoms with Gasteiger partial charge in [0.25, 0.3) is 5.91 Å². The molecular formula is C19H20BrN3O3S. The van der Waals surface area contributed by atoms with E-state index in [1.54, 1.807) is 30.2 Å². The standard InChI is InChI=1S/C19H20BrN3O3S/c1-26-16-8-7-14(11-15(16)20)18(25)22-19(27)23(10-9-17(21)24)12-13-5-3-2-4-6-13/h2-8,11H,9-10,12H2,1H3,(H2,21,24)(H,22,25,27). The average molecular weight is 450 g/mol. The van der Waals surface area contributed by atoms with E-state index in [9.17, 15) is 9.59 Å². The zero-order valence-corrected chi connectivity index (χ0v) is 17.2. The van der Waals surface area contributed by atoms with E-state index >= 15 is 0 Å². The summed E-state index contributed by atoms with van der Waals surface area (Å²) < 4.78 is 5.83. The molecule has 0 fully saturated rings. The van der Waals surface area contributed by atoms with Crippen LogP contribution in [0.5, 0.6) is 5.75 Å². The Morgan fingerprint density at radius 2 is 1.93 bits per heavy atom. The zero-order valence-electron chi connectivity index (χ0n) is 14.8. The first-order valence-electron chi connectivity index (χ1n) is 8.16. The minimum Gasteiger partial charge on any atom is -0.496 e. The number of carbonyl (C=O) groups excluding carboxylic acids is 2. The minimum absolute atomic E-state index is 0.136. The van der Waals surface area contributed by atoms with Gasteiger partial charge in [0.05, 0.1) is 11.6 Å². The number of nitrogens with two attached hydrogens (primary N) is 1. The number of primary amides is 1. The Kier molecular flexibility index (Phi) is 7.75. The normalized spacial score (nSPS) is 10.1. The van der Waals surface area contributed by atoms with Crippen molar-refractivity contribution in [1.82, 2.24) is 10.2 Å². The van der Waals surface area contributed by atoms with Gasteiger partial charge in [-0.25, -0.2) is 0 Å². The number of rotatable bonds is 7. The number of benzene rings is 2. The summed E-state index contributed by atoms with van der Waals surface area (Å²) in [6, 6.07) is 14.6. The summed E-state index contributed by atoms with van der Waals surface area (Å²) in [7, 11) is 1.55. The molecule has 2 aromatic carbocycles. The van der Waals surface area contributed by atoms with Gasteiger partial charge in [0.2, 0.25) is 5.91 Å². The van der Waals surface area contributed by atoms with E-state index in [1.165, 1.54) is 0 Å². The van der Waals surface area contributed by atoms with Gasteiger partial charge >= 0.3 is 0 Å². The lowest BCUT2D eigenvalue weighted by Gasteiger charge is -2.25. The minimum atomic E-state index is -0.429. The number of nitrogens with one attached hydrogen (secondary N) is 1. The molecule has 2 aromatic rings. The molecule has 142 valence electrons. The number of amides is 2. The van der Waals surface area contributed by atoms with Crippen LogP contribution in [0.2, 0.25) is 0 Å². The predicted molar refractivity (Wildman–Crippen MR) is 111 cm³/mol. The van der Waals surface area contributed by atoms with Crippen LogP contribution in [0, 0.1) is 0 Å². The topological polar surface area (TPSA) is 84.7 Å². The lowest BCUT2D eigenvalue weighted by atomic mass is 10.2. The van der Waals surface area contributed by atoms with Crippen LogP contribution in [-0.4, -0.2) is 35.5 Å². The second kappa shape index (κ2) is 10.0. The molecule has 2 amide bonds. The van der Waals surface area contributed by atoms with Gasteiger partial charge < -0.3 is 15.4 Å². The summed E-state index contributed by atoms with van der Waals surface area (Å²) in [4.78, 5) is 25.4. The number of thiocarbonyl (C=S) groups is 1. The molecule has 2 rings (SSSR count). The Bertz CT molecular complexity index is 830. The maximum atomic E-state index is 12.5. The van der Waals surface area contributed by atoms with Crippen LogP contribution in [0.15, 0.2) is 53.0 Å². The second-order valence-corrected chi connectivity index (χ2v) is 6.97. The molecule has 8 heteroatoms. The van der Waals surface area contributed by atoms with E-state index < -0.39 is 5.91 Å². The molecule has 0 saturated carbocycles. The largest absolute Gasteiger partial charge is 0.496 e. The molecule has 0 atom stereocenters. The highest BCUT2D eigenvalue weighted by atomic mass is 79.9. The summed E-state index contributed by atoms with van der Waals surface area (Å²) >= 11 is 8.75. The summed E-state index contributed by atoms with van der Waals surface area (Å²) in [5, 5.41) is 2.94. The molecule has 0 aromatic heterocycles. The van der Waals surface area contributed by atoms with Crippen molar-refractivity contribution in [3.05, 3.63) is 64.1 Å². The van der Waals surface area contributed by atoms with Gasteiger partial charge in [-0.1, -0.05) is 30.3 Å². The van der Waals surface area contributed by atoms with Gasteiger partial charge in [-0.15, -0.1) is 0 Å². The fourth-order valence-corrected chi connectivity index (χ4v) is 3.15. The number of methoxy groups -OCH3 is 1. The van der Waals surface area contributed by atoms with Crippen molar-refractivity contribution in [3.8, 4) is 5.75 Å². The first-order chi connectivity index (χ1) is 12.9. The van der Waals surface area contributed by atoms with Crippen LogP contribution in [0.3, 0.4) is 0 Å². The molecule has 3 N–H and O–H groups in total. The maximum Gasteiger partial charge on any atom is 0.257 e. The smallest absolute Gasteiger partial charge is 0.257 e. The molecular weight excluding hydrogens is 430 g/mol. The van der Waals surface area contributed by atoms with Crippen molar-refractivity contribution in [2.24, 2.45) is 5.73 Å². The van der Waals surface area contributed by atoms with Gasteiger partial charge in [0, 0.05) is 25.1 Å². The van der Waals surface area contributed by atoms with Crippen molar-refractivity contribution >= 4 is 45.1 Å². The zero-order chi connectivity index (χ0) is 19.8. The maximum absolute atomic E-state index is 12.5. The van der Waals surface area contributed by atoms with E-state index in [0.717, 1.165) is 5.56 Å². The lowest BCUT2D eigenvalue weighted by molar-refractivity contribution is -0.118. The molecule has 0 spiro atoms. The monoisotopic (exact) mass is 449 g/mol. The molecule has 0 bridgehead atoms. The van der Waals surface area contributed by atoms with Crippen LogP contribution in [0.1, 0.15) is 22.3 Å². The first kappa shape index (κ1) is 20.9. The van der Waals surface area contributed by atoms with Gasteiger partial charge in [-0.3, -0.25) is 14.9 Å². The summed E-state index contributed by atoms with van der Waals surface area (Å²) in [5.74, 6) is -0.150. The molecule has 0 unspecified atom stereocenters. The summed E-state index contributed by atoms with van der Waals surface area (Å²) in [6.07, 6.45) is 0.136. The molecule has 0 aliphatic rings. The van der Waals surface area contributed by atoms with Crippen LogP contribution < -0.4 is 15.8 Å². The molecule has 6 nitrogen and oxygen atoms in total. The molecule has 0 aliphatic carbocycles. The van der Waals surface area contributed by atoms with Crippen molar-refractivity contribution in [3.63, 3.8) is 0 Å². The Morgan fingerprint density at radius 1 is 1.22 bits per heavy atom. The molecule has 0 aliphatic heterocycles. The Balaban J connectivity index is 2.10. The van der Waals surface area contributed by atoms with Crippen LogP contribution in [-0.2, 0) is 11.3 Å². The summed E-state index contributed by atoms with van der Waals surface area (Å²) in [6.45, 7) is 0.773. The number of hydrogen-bond donors (Lipinski definition) is 2. The van der Waals surface area contributed by atoms with Crippen molar-refractivity contribution < 1.29 is 14.3 Å². The second-order valence-electron chi connectivity index (χ2n) is 5.73. The SMILES string of the molecule is COc1ccc(C(=O)NC(=S)N(CCC(N)=O)Cc2ccccc2)cc1Br. The molecule has 0 saturated heterocycles. The highest BCUT2D eigenvalue weighted by Crippen LogP contribution is 2.25. The van der Waals surface area contributed by atoms with E-state index in [1.807, 2.05) is 30.3 Å². The van der Waals surface area contributed by atoms with Gasteiger partial charge in [-0.2, -0.15) is 0 Å². The molecule has 0 heterocycles. The fraction of sp³-hybridized carbons (Fsp3) is 0.211. The third-order valence-electron chi connectivity index (χ3n) is 3.77. The van der Waals surface area contributed by atoms with Gasteiger partial charge in [0.15, 0.2) is 5.11 Å². The lowest BCUT2D eigenvalue weighted by Crippen LogP contribution is -2.43. The number of ether oxygens (including phenoxy) is 1. The number of hydrogen-bond acceptors (Lipinski definition) is 4. The first-order valence-corrected chi connectivity index (χ1v) is 9.37. The number of carbonyl (C=O) groups is 2. The van der Waals surface area contributed by atoms with E-state index in [2.05, 4.69) is 21.2 Å². The van der Waals surface area contributed by atoms with E-state index in [4.69, 9.17) is 22.7 Å². The highest BCUT2D eigenvalue weighted by Gasteiger charge is 2.16. The average Bonchev–Trinajstić information content (AvgIpc) is 2.65. The molecule has 27 heavy (non-hydrogen) atoms. The van der Waals surface area contributed by atoms with Gasteiger partial charge in [0.1, 0.15) is 5.75 Å². The Hall–Kier alpha value is -2.45. The summed E-state index contributed by atoms with van der Waals surface area (Å²) in [5.41, 5.74) is 6.69. The van der Waals surface area contributed by atoms with Crippen molar-refractivity contribution in [2.45, 2.75) is 13.0 Å². The van der Waals surface area contributed by atoms with Crippen LogP contribution in [0.4, 0.5) is 0 Å². The number of halogens is 1. The third kappa shape index (κ3) is 6.33. The number of nitrogens with zero attached hydrogens (tertiary/aromatic N) is 1. The fourth-order valence-electron chi connectivity index (χ4n) is 2.36. The van der Waals surface area contributed by atoms with Gasteiger partial charge in [-0.05, 0) is 51.9 Å². The highest BCUT2D eigenvalue weighted by molar-refractivity contribution is 9.10.